The lowest BCUT2D eigenvalue weighted by molar-refractivity contribution is 0.0952. The molecule has 0 bridgehead atoms. The van der Waals surface area contributed by atoms with Crippen LogP contribution in [0.4, 0.5) is 0 Å². The van der Waals surface area contributed by atoms with E-state index in [4.69, 9.17) is 16.6 Å². The molecule has 26 heavy (non-hydrogen) atoms. The minimum atomic E-state index is -0.116. The van der Waals surface area contributed by atoms with Crippen molar-refractivity contribution in [3.8, 4) is 11.3 Å². The molecule has 1 heterocycles. The number of likely N-dealkylation sites (N-methyl/N-ethyl adjacent to an activating group) is 1. The number of benzene rings is 2. The summed E-state index contributed by atoms with van der Waals surface area (Å²) in [6.45, 7) is 3.40. The highest BCUT2D eigenvalue weighted by Crippen LogP contribution is 2.27. The fraction of sp³-hybridized carbons (Fsp3) is 0.238. The molecule has 2 aromatic carbocycles. The Morgan fingerprint density at radius 2 is 1.85 bits per heavy atom. The number of pyridine rings is 1. The van der Waals surface area contributed by atoms with Crippen LogP contribution < -0.4 is 5.32 Å². The fourth-order valence-electron chi connectivity index (χ4n) is 2.75. The molecule has 134 valence electrons. The van der Waals surface area contributed by atoms with Crippen LogP contribution in [0, 0.1) is 6.92 Å². The number of hydrogen-bond acceptors (Lipinski definition) is 3. The van der Waals surface area contributed by atoms with E-state index in [1.54, 1.807) is 12.1 Å². The van der Waals surface area contributed by atoms with Crippen LogP contribution in [0.15, 0.2) is 48.5 Å². The summed E-state index contributed by atoms with van der Waals surface area (Å²) in [6.07, 6.45) is 0. The molecule has 0 saturated carbocycles. The lowest BCUT2D eigenvalue weighted by atomic mass is 10.0. The summed E-state index contributed by atoms with van der Waals surface area (Å²) in [7, 11) is 3.95. The van der Waals surface area contributed by atoms with Gasteiger partial charge in [0.05, 0.1) is 16.8 Å². The summed E-state index contributed by atoms with van der Waals surface area (Å²) in [5.74, 6) is -0.116. The minimum absolute atomic E-state index is 0.116. The van der Waals surface area contributed by atoms with Gasteiger partial charge in [0, 0.05) is 29.1 Å². The SMILES string of the molecule is Cc1ccc(-c2cc(C(=O)NCCN(C)C)c3cc(Cl)ccc3n2)cc1. The molecule has 3 rings (SSSR count). The molecule has 1 amide bonds. The van der Waals surface area contributed by atoms with Crippen molar-refractivity contribution in [2.45, 2.75) is 6.92 Å². The van der Waals surface area contributed by atoms with Gasteiger partial charge in [0.1, 0.15) is 0 Å². The molecule has 4 nitrogen and oxygen atoms in total. The van der Waals surface area contributed by atoms with E-state index in [0.717, 1.165) is 28.7 Å². The molecule has 0 unspecified atom stereocenters. The monoisotopic (exact) mass is 367 g/mol. The summed E-state index contributed by atoms with van der Waals surface area (Å²) >= 11 is 6.15. The molecule has 0 saturated heterocycles. The number of rotatable bonds is 5. The standard InChI is InChI=1S/C21H22ClN3O/c1-14-4-6-15(7-5-14)20-13-18(21(26)23-10-11-25(2)3)17-12-16(22)8-9-19(17)24-20/h4-9,12-13H,10-11H2,1-3H3,(H,23,26). The lowest BCUT2D eigenvalue weighted by Gasteiger charge is -2.13. The van der Waals surface area contributed by atoms with Crippen LogP contribution in [0.1, 0.15) is 15.9 Å². The number of aromatic nitrogens is 1. The van der Waals surface area contributed by atoms with E-state index in [2.05, 4.69) is 5.32 Å². The highest BCUT2D eigenvalue weighted by Gasteiger charge is 2.14. The predicted octanol–water partition coefficient (Wildman–Crippen LogP) is 4.16. The van der Waals surface area contributed by atoms with E-state index in [1.165, 1.54) is 5.56 Å². The first-order valence-electron chi connectivity index (χ1n) is 8.54. The first-order chi connectivity index (χ1) is 12.4. The van der Waals surface area contributed by atoms with Crippen LogP contribution in [0.3, 0.4) is 0 Å². The molecule has 3 aromatic rings. The molecule has 0 aliphatic carbocycles. The van der Waals surface area contributed by atoms with Crippen LogP contribution >= 0.6 is 11.6 Å². The Hall–Kier alpha value is -2.43. The molecule has 0 fully saturated rings. The molecule has 5 heteroatoms. The van der Waals surface area contributed by atoms with Gasteiger partial charge < -0.3 is 10.2 Å². The zero-order valence-corrected chi connectivity index (χ0v) is 16.0. The Morgan fingerprint density at radius 3 is 2.54 bits per heavy atom. The largest absolute Gasteiger partial charge is 0.351 e. The van der Waals surface area contributed by atoms with Gasteiger partial charge in [-0.05, 0) is 45.3 Å². The normalized spacial score (nSPS) is 11.1. The van der Waals surface area contributed by atoms with Crippen molar-refractivity contribution < 1.29 is 4.79 Å². The summed E-state index contributed by atoms with van der Waals surface area (Å²) in [6, 6.07) is 15.4. The van der Waals surface area contributed by atoms with E-state index in [0.29, 0.717) is 17.1 Å². The van der Waals surface area contributed by atoms with E-state index in [-0.39, 0.29) is 5.91 Å². The number of carbonyl (C=O) groups excluding carboxylic acids is 1. The molecular formula is C21H22ClN3O. The Labute approximate surface area is 158 Å². The van der Waals surface area contributed by atoms with E-state index >= 15 is 0 Å². The second-order valence-corrected chi connectivity index (χ2v) is 7.08. The molecule has 0 aliphatic heterocycles. The lowest BCUT2D eigenvalue weighted by Crippen LogP contribution is -2.31. The zero-order chi connectivity index (χ0) is 18.7. The Bertz CT molecular complexity index is 936. The van der Waals surface area contributed by atoms with Gasteiger partial charge in [-0.1, -0.05) is 41.4 Å². The van der Waals surface area contributed by atoms with Crippen LogP contribution in [0.25, 0.3) is 22.2 Å². The number of nitrogens with zero attached hydrogens (tertiary/aromatic N) is 2. The van der Waals surface area contributed by atoms with E-state index in [1.807, 2.05) is 62.3 Å². The van der Waals surface area contributed by atoms with Gasteiger partial charge in [-0.2, -0.15) is 0 Å². The molecule has 1 aromatic heterocycles. The van der Waals surface area contributed by atoms with Gasteiger partial charge in [0.25, 0.3) is 5.91 Å². The molecule has 0 spiro atoms. The summed E-state index contributed by atoms with van der Waals surface area (Å²) in [5, 5.41) is 4.33. The van der Waals surface area contributed by atoms with Crippen molar-refractivity contribution in [3.63, 3.8) is 0 Å². The van der Waals surface area contributed by atoms with Crippen molar-refractivity contribution in [2.24, 2.45) is 0 Å². The Morgan fingerprint density at radius 1 is 1.12 bits per heavy atom. The zero-order valence-electron chi connectivity index (χ0n) is 15.2. The van der Waals surface area contributed by atoms with Gasteiger partial charge in [-0.15, -0.1) is 0 Å². The van der Waals surface area contributed by atoms with Crippen molar-refractivity contribution in [3.05, 3.63) is 64.7 Å². The molecular weight excluding hydrogens is 346 g/mol. The highest BCUT2D eigenvalue weighted by molar-refractivity contribution is 6.31. The van der Waals surface area contributed by atoms with Gasteiger partial charge in [-0.3, -0.25) is 4.79 Å². The van der Waals surface area contributed by atoms with Gasteiger partial charge >= 0.3 is 0 Å². The number of amides is 1. The van der Waals surface area contributed by atoms with Crippen molar-refractivity contribution >= 4 is 28.4 Å². The maximum atomic E-state index is 12.8. The van der Waals surface area contributed by atoms with E-state index < -0.39 is 0 Å². The van der Waals surface area contributed by atoms with Crippen LogP contribution in [0.5, 0.6) is 0 Å². The fourth-order valence-corrected chi connectivity index (χ4v) is 2.92. The number of fused-ring (bicyclic) bond motifs is 1. The maximum Gasteiger partial charge on any atom is 0.252 e. The highest BCUT2D eigenvalue weighted by atomic mass is 35.5. The average molecular weight is 368 g/mol. The van der Waals surface area contributed by atoms with Crippen molar-refractivity contribution in [1.82, 2.24) is 15.2 Å². The number of halogens is 1. The number of aryl methyl sites for hydroxylation is 1. The first kappa shape index (κ1) is 18.4. The molecule has 0 atom stereocenters. The third-order valence-corrected chi connectivity index (χ3v) is 4.44. The van der Waals surface area contributed by atoms with Crippen LogP contribution in [-0.2, 0) is 0 Å². The third-order valence-electron chi connectivity index (χ3n) is 4.21. The number of hydrogen-bond donors (Lipinski definition) is 1. The predicted molar refractivity (Wildman–Crippen MR) is 108 cm³/mol. The quantitative estimate of drug-likeness (QED) is 0.736. The minimum Gasteiger partial charge on any atom is -0.351 e. The molecule has 0 aliphatic rings. The second kappa shape index (κ2) is 7.85. The van der Waals surface area contributed by atoms with Crippen molar-refractivity contribution in [1.29, 1.82) is 0 Å². The topological polar surface area (TPSA) is 45.2 Å². The number of nitrogens with one attached hydrogen (secondary N) is 1. The summed E-state index contributed by atoms with van der Waals surface area (Å²) in [4.78, 5) is 19.5. The smallest absolute Gasteiger partial charge is 0.252 e. The number of carbonyl (C=O) groups is 1. The van der Waals surface area contributed by atoms with Crippen LogP contribution in [0.2, 0.25) is 5.02 Å². The second-order valence-electron chi connectivity index (χ2n) is 6.64. The first-order valence-corrected chi connectivity index (χ1v) is 8.92. The van der Waals surface area contributed by atoms with Crippen LogP contribution in [-0.4, -0.2) is 43.0 Å². The maximum absolute atomic E-state index is 12.8. The summed E-state index contributed by atoms with van der Waals surface area (Å²) in [5.41, 5.74) is 4.28. The summed E-state index contributed by atoms with van der Waals surface area (Å²) < 4.78 is 0. The van der Waals surface area contributed by atoms with E-state index in [9.17, 15) is 4.79 Å². The Kier molecular flexibility index (Phi) is 5.55. The average Bonchev–Trinajstić information content (AvgIpc) is 2.61. The molecule has 0 radical (unpaired) electrons. The van der Waals surface area contributed by atoms with Crippen molar-refractivity contribution in [2.75, 3.05) is 27.2 Å². The molecule has 1 N–H and O–H groups in total. The van der Waals surface area contributed by atoms with Gasteiger partial charge in [0.15, 0.2) is 0 Å². The van der Waals surface area contributed by atoms with Gasteiger partial charge in [-0.25, -0.2) is 4.98 Å². The Balaban J connectivity index is 2.05. The third kappa shape index (κ3) is 4.21. The van der Waals surface area contributed by atoms with Gasteiger partial charge in [0.2, 0.25) is 0 Å².